The molecule has 1 rings (SSSR count). The fourth-order valence-corrected chi connectivity index (χ4v) is 1.73. The Morgan fingerprint density at radius 2 is 1.44 bits per heavy atom. The van der Waals surface area contributed by atoms with Crippen LogP contribution in [0.5, 0.6) is 0 Å². The molecule has 0 saturated carbocycles. The molecule has 18 heavy (non-hydrogen) atoms. The zero-order valence-corrected chi connectivity index (χ0v) is 11.2. The van der Waals surface area contributed by atoms with Crippen molar-refractivity contribution < 1.29 is 8.78 Å². The van der Waals surface area contributed by atoms with Crippen molar-refractivity contribution in [2.45, 2.75) is 64.7 Å². The number of halogens is 2. The van der Waals surface area contributed by atoms with Gasteiger partial charge in [0.15, 0.2) is 12.0 Å². The van der Waals surface area contributed by atoms with E-state index in [1.54, 1.807) is 0 Å². The van der Waals surface area contributed by atoms with Gasteiger partial charge in [-0.15, -0.1) is 0 Å². The summed E-state index contributed by atoms with van der Waals surface area (Å²) >= 11 is 0. The Labute approximate surface area is 108 Å². The summed E-state index contributed by atoms with van der Waals surface area (Å²) in [4.78, 5) is 7.87. The van der Waals surface area contributed by atoms with Crippen LogP contribution in [0.3, 0.4) is 0 Å². The number of nitrogens with zero attached hydrogens (tertiary/aromatic N) is 2. The fraction of sp³-hybridized carbons (Fsp3) is 0.714. The highest BCUT2D eigenvalue weighted by Gasteiger charge is 2.15. The van der Waals surface area contributed by atoms with Crippen LogP contribution in [0.4, 0.5) is 8.78 Å². The first-order valence-electron chi connectivity index (χ1n) is 6.79. The SMILES string of the molecule is CCCCC(F)c1cnc(C(F)CCCC)nc1. The summed E-state index contributed by atoms with van der Waals surface area (Å²) in [6.45, 7) is 4.03. The molecule has 2 atom stereocenters. The molecule has 0 spiro atoms. The second-order valence-corrected chi connectivity index (χ2v) is 4.59. The van der Waals surface area contributed by atoms with E-state index < -0.39 is 12.3 Å². The van der Waals surface area contributed by atoms with E-state index in [2.05, 4.69) is 9.97 Å². The van der Waals surface area contributed by atoms with Gasteiger partial charge in [0, 0.05) is 18.0 Å². The summed E-state index contributed by atoms with van der Waals surface area (Å²) in [6, 6.07) is 0. The molecule has 4 heteroatoms. The van der Waals surface area contributed by atoms with E-state index in [4.69, 9.17) is 0 Å². The van der Waals surface area contributed by atoms with Gasteiger partial charge in [0.25, 0.3) is 0 Å². The summed E-state index contributed by atoms with van der Waals surface area (Å²) in [6.07, 6.45) is 5.15. The van der Waals surface area contributed by atoms with Crippen molar-refractivity contribution in [3.8, 4) is 0 Å². The molecular weight excluding hydrogens is 234 g/mol. The molecule has 2 unspecified atom stereocenters. The van der Waals surface area contributed by atoms with E-state index in [0.29, 0.717) is 18.4 Å². The monoisotopic (exact) mass is 256 g/mol. The lowest BCUT2D eigenvalue weighted by Crippen LogP contribution is -2.02. The largest absolute Gasteiger partial charge is 0.242 e. The number of aromatic nitrogens is 2. The first kappa shape index (κ1) is 15.0. The molecule has 0 fully saturated rings. The molecular formula is C14H22F2N2. The minimum Gasteiger partial charge on any atom is -0.242 e. The van der Waals surface area contributed by atoms with Crippen LogP contribution < -0.4 is 0 Å². The standard InChI is InChI=1S/C14H22F2N2/c1-3-5-7-12(15)11-9-17-14(18-10-11)13(16)8-6-4-2/h9-10,12-13H,3-8H2,1-2H3. The number of rotatable bonds is 8. The molecule has 0 bridgehead atoms. The third-order valence-electron chi connectivity index (χ3n) is 2.96. The zero-order valence-electron chi connectivity index (χ0n) is 11.2. The van der Waals surface area contributed by atoms with Crippen molar-refractivity contribution in [3.05, 3.63) is 23.8 Å². The Kier molecular flexibility index (Phi) is 6.76. The summed E-state index contributed by atoms with van der Waals surface area (Å²) in [5.74, 6) is 0.176. The minimum absolute atomic E-state index is 0.176. The Balaban J connectivity index is 2.56. The number of hydrogen-bond acceptors (Lipinski definition) is 2. The van der Waals surface area contributed by atoms with Crippen molar-refractivity contribution in [3.63, 3.8) is 0 Å². The predicted molar refractivity (Wildman–Crippen MR) is 68.8 cm³/mol. The highest BCUT2D eigenvalue weighted by molar-refractivity contribution is 5.09. The van der Waals surface area contributed by atoms with Crippen molar-refractivity contribution in [2.24, 2.45) is 0 Å². The molecule has 0 amide bonds. The smallest absolute Gasteiger partial charge is 0.162 e. The maximum atomic E-state index is 13.7. The maximum Gasteiger partial charge on any atom is 0.162 e. The fourth-order valence-electron chi connectivity index (χ4n) is 1.73. The van der Waals surface area contributed by atoms with E-state index in [0.717, 1.165) is 25.7 Å². The van der Waals surface area contributed by atoms with Gasteiger partial charge in [-0.3, -0.25) is 0 Å². The molecule has 0 N–H and O–H groups in total. The van der Waals surface area contributed by atoms with Crippen LogP contribution >= 0.6 is 0 Å². The first-order valence-corrected chi connectivity index (χ1v) is 6.79. The van der Waals surface area contributed by atoms with Gasteiger partial charge in [-0.1, -0.05) is 39.5 Å². The van der Waals surface area contributed by atoms with Crippen molar-refractivity contribution in [1.82, 2.24) is 9.97 Å². The molecule has 0 aliphatic heterocycles. The molecule has 0 aliphatic rings. The van der Waals surface area contributed by atoms with Crippen molar-refractivity contribution >= 4 is 0 Å². The van der Waals surface area contributed by atoms with Crippen LogP contribution in [-0.2, 0) is 0 Å². The summed E-state index contributed by atoms with van der Waals surface area (Å²) in [7, 11) is 0. The van der Waals surface area contributed by atoms with E-state index in [-0.39, 0.29) is 5.82 Å². The highest BCUT2D eigenvalue weighted by atomic mass is 19.1. The van der Waals surface area contributed by atoms with Gasteiger partial charge >= 0.3 is 0 Å². The Morgan fingerprint density at radius 3 is 1.94 bits per heavy atom. The molecule has 0 aliphatic carbocycles. The lowest BCUT2D eigenvalue weighted by atomic mass is 10.1. The van der Waals surface area contributed by atoms with E-state index in [1.807, 2.05) is 13.8 Å². The minimum atomic E-state index is -1.13. The second-order valence-electron chi connectivity index (χ2n) is 4.59. The molecule has 102 valence electrons. The number of hydrogen-bond donors (Lipinski definition) is 0. The summed E-state index contributed by atoms with van der Waals surface area (Å²) < 4.78 is 27.3. The molecule has 2 nitrogen and oxygen atoms in total. The molecule has 1 aromatic rings. The molecule has 0 aromatic carbocycles. The highest BCUT2D eigenvalue weighted by Crippen LogP contribution is 2.24. The van der Waals surface area contributed by atoms with Crippen LogP contribution in [0.15, 0.2) is 12.4 Å². The van der Waals surface area contributed by atoms with Crippen molar-refractivity contribution in [1.29, 1.82) is 0 Å². The van der Waals surface area contributed by atoms with Crippen LogP contribution in [-0.4, -0.2) is 9.97 Å². The third kappa shape index (κ3) is 4.67. The number of unbranched alkanes of at least 4 members (excludes halogenated alkanes) is 2. The first-order chi connectivity index (χ1) is 8.69. The van der Waals surface area contributed by atoms with Gasteiger partial charge in [0.1, 0.15) is 6.17 Å². The Morgan fingerprint density at radius 1 is 0.944 bits per heavy atom. The van der Waals surface area contributed by atoms with Gasteiger partial charge in [0.05, 0.1) is 0 Å². The van der Waals surface area contributed by atoms with Crippen LogP contribution in [0, 0.1) is 0 Å². The molecule has 0 saturated heterocycles. The van der Waals surface area contributed by atoms with E-state index in [9.17, 15) is 8.78 Å². The second kappa shape index (κ2) is 8.11. The lowest BCUT2D eigenvalue weighted by molar-refractivity contribution is 0.295. The average molecular weight is 256 g/mol. The zero-order chi connectivity index (χ0) is 13.4. The Bertz CT molecular complexity index is 294. The van der Waals surface area contributed by atoms with E-state index >= 15 is 0 Å². The molecule has 1 aromatic heterocycles. The van der Waals surface area contributed by atoms with Gasteiger partial charge in [-0.05, 0) is 12.8 Å². The molecule has 1 heterocycles. The quantitative estimate of drug-likeness (QED) is 0.662. The van der Waals surface area contributed by atoms with Crippen LogP contribution in [0.2, 0.25) is 0 Å². The van der Waals surface area contributed by atoms with Gasteiger partial charge < -0.3 is 0 Å². The van der Waals surface area contributed by atoms with Gasteiger partial charge in [0.2, 0.25) is 0 Å². The van der Waals surface area contributed by atoms with Gasteiger partial charge in [-0.2, -0.15) is 0 Å². The third-order valence-corrected chi connectivity index (χ3v) is 2.96. The summed E-state index contributed by atoms with van der Waals surface area (Å²) in [5, 5.41) is 0. The van der Waals surface area contributed by atoms with E-state index in [1.165, 1.54) is 12.4 Å². The molecule has 0 radical (unpaired) electrons. The Hall–Kier alpha value is -1.06. The maximum absolute atomic E-state index is 13.7. The lowest BCUT2D eigenvalue weighted by Gasteiger charge is -2.09. The van der Waals surface area contributed by atoms with Crippen molar-refractivity contribution in [2.75, 3.05) is 0 Å². The predicted octanol–water partition coefficient (Wildman–Crippen LogP) is 4.88. The number of alkyl halides is 2. The van der Waals surface area contributed by atoms with Gasteiger partial charge in [-0.25, -0.2) is 18.7 Å². The topological polar surface area (TPSA) is 25.8 Å². The average Bonchev–Trinajstić information content (AvgIpc) is 2.42. The van der Waals surface area contributed by atoms with Crippen LogP contribution in [0.25, 0.3) is 0 Å². The summed E-state index contributed by atoms with van der Waals surface area (Å²) in [5.41, 5.74) is 0.454. The normalized spacial score (nSPS) is 14.4. The van der Waals surface area contributed by atoms with Crippen LogP contribution in [0.1, 0.15) is 76.1 Å².